The molecule has 1 saturated carbocycles. The lowest BCUT2D eigenvalue weighted by atomic mass is 9.79. The fourth-order valence-corrected chi connectivity index (χ4v) is 4.86. The van der Waals surface area contributed by atoms with Gasteiger partial charge in [-0.05, 0) is 36.1 Å². The number of hydrogen-bond donors (Lipinski definition) is 1. The smallest absolute Gasteiger partial charge is 0.145 e. The van der Waals surface area contributed by atoms with E-state index in [0.29, 0.717) is 18.0 Å². The SMILES string of the molecule is Clc1ccccc1.N#CC1C(CC2CCCCC2)NCC1c1cccc(Cl)c1F. The van der Waals surface area contributed by atoms with Gasteiger partial charge in [-0.15, -0.1) is 0 Å². The number of hydrogen-bond acceptors (Lipinski definition) is 2. The normalized spacial score (nSPS) is 24.4. The second kappa shape index (κ2) is 11.0. The van der Waals surface area contributed by atoms with E-state index < -0.39 is 0 Å². The molecule has 0 amide bonds. The molecule has 2 aliphatic rings. The van der Waals surface area contributed by atoms with E-state index in [4.69, 9.17) is 23.2 Å². The number of nitrogens with zero attached hydrogens (tertiary/aromatic N) is 1. The highest BCUT2D eigenvalue weighted by Gasteiger charge is 2.39. The predicted octanol–water partition coefficient (Wildman–Crippen LogP) is 6.98. The average Bonchev–Trinajstić information content (AvgIpc) is 3.14. The van der Waals surface area contributed by atoms with Crippen LogP contribution in [0.1, 0.15) is 50.0 Å². The molecule has 2 aromatic rings. The molecule has 0 radical (unpaired) electrons. The van der Waals surface area contributed by atoms with Gasteiger partial charge in [-0.2, -0.15) is 5.26 Å². The van der Waals surface area contributed by atoms with Gasteiger partial charge in [0.2, 0.25) is 0 Å². The van der Waals surface area contributed by atoms with Crippen LogP contribution in [0.15, 0.2) is 48.5 Å². The Bertz CT molecular complexity index is 815. The third-order valence-corrected chi connectivity index (χ3v) is 6.59. The first-order valence-electron chi connectivity index (χ1n) is 10.4. The maximum Gasteiger partial charge on any atom is 0.145 e. The molecule has 2 nitrogen and oxygen atoms in total. The summed E-state index contributed by atoms with van der Waals surface area (Å²) in [7, 11) is 0. The van der Waals surface area contributed by atoms with Crippen LogP contribution in [0.3, 0.4) is 0 Å². The van der Waals surface area contributed by atoms with Crippen molar-refractivity contribution in [2.75, 3.05) is 6.54 Å². The molecule has 154 valence electrons. The van der Waals surface area contributed by atoms with Gasteiger partial charge in [-0.25, -0.2) is 4.39 Å². The quantitative estimate of drug-likeness (QED) is 0.567. The average molecular weight is 433 g/mol. The molecule has 3 atom stereocenters. The highest BCUT2D eigenvalue weighted by Crippen LogP contribution is 2.38. The van der Waals surface area contributed by atoms with Crippen molar-refractivity contribution in [3.8, 4) is 6.07 Å². The Morgan fingerprint density at radius 2 is 1.72 bits per heavy atom. The molecule has 2 aromatic carbocycles. The summed E-state index contributed by atoms with van der Waals surface area (Å²) in [5, 5.41) is 14.0. The fraction of sp³-hybridized carbons (Fsp3) is 0.458. The van der Waals surface area contributed by atoms with E-state index in [9.17, 15) is 9.65 Å². The summed E-state index contributed by atoms with van der Waals surface area (Å²) in [5.74, 6) is 0.0757. The van der Waals surface area contributed by atoms with Crippen molar-refractivity contribution in [2.24, 2.45) is 11.8 Å². The summed E-state index contributed by atoms with van der Waals surface area (Å²) < 4.78 is 14.3. The van der Waals surface area contributed by atoms with Crippen molar-refractivity contribution in [3.63, 3.8) is 0 Å². The molecule has 29 heavy (non-hydrogen) atoms. The summed E-state index contributed by atoms with van der Waals surface area (Å²) in [6.07, 6.45) is 7.53. The summed E-state index contributed by atoms with van der Waals surface area (Å²) >= 11 is 11.4. The first-order chi connectivity index (χ1) is 14.1. The molecule has 1 aliphatic carbocycles. The monoisotopic (exact) mass is 432 g/mol. The minimum atomic E-state index is -0.366. The van der Waals surface area contributed by atoms with E-state index in [2.05, 4.69) is 11.4 Å². The first kappa shape index (κ1) is 22.1. The lowest BCUT2D eigenvalue weighted by Crippen LogP contribution is -2.30. The van der Waals surface area contributed by atoms with Crippen LogP contribution in [0, 0.1) is 29.0 Å². The fourth-order valence-electron chi connectivity index (χ4n) is 4.53. The van der Waals surface area contributed by atoms with Crippen molar-refractivity contribution in [1.29, 1.82) is 5.26 Å². The number of nitriles is 1. The predicted molar refractivity (Wildman–Crippen MR) is 118 cm³/mol. The Morgan fingerprint density at radius 1 is 1.00 bits per heavy atom. The van der Waals surface area contributed by atoms with Crippen LogP contribution in [0.5, 0.6) is 0 Å². The third-order valence-electron chi connectivity index (χ3n) is 6.04. The van der Waals surface area contributed by atoms with Crippen molar-refractivity contribution in [2.45, 2.75) is 50.5 Å². The molecule has 0 spiro atoms. The third kappa shape index (κ3) is 5.95. The van der Waals surface area contributed by atoms with Crippen molar-refractivity contribution in [3.05, 3.63) is 70.0 Å². The van der Waals surface area contributed by atoms with Crippen LogP contribution in [0.25, 0.3) is 0 Å². The molecule has 1 heterocycles. The Kier molecular flexibility index (Phi) is 8.36. The molecular formula is C24H27Cl2FN2. The van der Waals surface area contributed by atoms with E-state index in [1.807, 2.05) is 30.3 Å². The van der Waals surface area contributed by atoms with Gasteiger partial charge in [-0.3, -0.25) is 0 Å². The molecule has 1 saturated heterocycles. The lowest BCUT2D eigenvalue weighted by Gasteiger charge is -2.26. The van der Waals surface area contributed by atoms with Crippen molar-refractivity contribution < 1.29 is 4.39 Å². The van der Waals surface area contributed by atoms with Gasteiger partial charge in [0.25, 0.3) is 0 Å². The van der Waals surface area contributed by atoms with Gasteiger partial charge in [0.15, 0.2) is 0 Å². The van der Waals surface area contributed by atoms with Gasteiger partial charge in [0.1, 0.15) is 5.82 Å². The first-order valence-corrected chi connectivity index (χ1v) is 11.1. The number of nitrogens with one attached hydrogen (secondary N) is 1. The van der Waals surface area contributed by atoms with E-state index in [-0.39, 0.29) is 28.7 Å². The summed E-state index contributed by atoms with van der Waals surface area (Å²) in [4.78, 5) is 0. The molecular weight excluding hydrogens is 406 g/mol. The maximum absolute atomic E-state index is 14.3. The van der Waals surface area contributed by atoms with Gasteiger partial charge < -0.3 is 5.32 Å². The minimum absolute atomic E-state index is 0.0997. The van der Waals surface area contributed by atoms with Crippen LogP contribution in [0.4, 0.5) is 4.39 Å². The van der Waals surface area contributed by atoms with Gasteiger partial charge in [-0.1, -0.05) is 85.6 Å². The van der Waals surface area contributed by atoms with E-state index in [1.54, 1.807) is 18.2 Å². The Hall–Kier alpha value is -1.60. The molecule has 2 fully saturated rings. The number of benzene rings is 2. The van der Waals surface area contributed by atoms with Crippen LogP contribution < -0.4 is 5.32 Å². The zero-order valence-corrected chi connectivity index (χ0v) is 18.0. The van der Waals surface area contributed by atoms with Gasteiger partial charge in [0.05, 0.1) is 17.0 Å². The van der Waals surface area contributed by atoms with Gasteiger partial charge in [0, 0.05) is 23.5 Å². The van der Waals surface area contributed by atoms with E-state index in [0.717, 1.165) is 11.4 Å². The van der Waals surface area contributed by atoms with Crippen LogP contribution >= 0.6 is 23.2 Å². The largest absolute Gasteiger partial charge is 0.312 e. The summed E-state index contributed by atoms with van der Waals surface area (Å²) in [5.41, 5.74) is 0.581. The molecule has 4 rings (SSSR count). The van der Waals surface area contributed by atoms with E-state index >= 15 is 0 Å². The van der Waals surface area contributed by atoms with Crippen LogP contribution in [-0.4, -0.2) is 12.6 Å². The second-order valence-electron chi connectivity index (χ2n) is 7.95. The van der Waals surface area contributed by atoms with Gasteiger partial charge >= 0.3 is 0 Å². The Morgan fingerprint density at radius 3 is 2.34 bits per heavy atom. The molecule has 3 unspecified atom stereocenters. The Labute approximate surface area is 183 Å². The number of rotatable bonds is 3. The van der Waals surface area contributed by atoms with Crippen molar-refractivity contribution in [1.82, 2.24) is 5.32 Å². The maximum atomic E-state index is 14.3. The number of halogens is 3. The second-order valence-corrected chi connectivity index (χ2v) is 8.80. The summed E-state index contributed by atoms with van der Waals surface area (Å²) in [6.45, 7) is 0.660. The molecule has 0 bridgehead atoms. The van der Waals surface area contributed by atoms with E-state index in [1.165, 1.54) is 32.1 Å². The Balaban J connectivity index is 0.000000290. The zero-order chi connectivity index (χ0) is 20.6. The van der Waals surface area contributed by atoms with Crippen molar-refractivity contribution >= 4 is 23.2 Å². The topological polar surface area (TPSA) is 35.8 Å². The highest BCUT2D eigenvalue weighted by atomic mass is 35.5. The zero-order valence-electron chi connectivity index (χ0n) is 16.5. The highest BCUT2D eigenvalue weighted by molar-refractivity contribution is 6.31. The lowest BCUT2D eigenvalue weighted by molar-refractivity contribution is 0.294. The van der Waals surface area contributed by atoms with Crippen LogP contribution in [0.2, 0.25) is 10.0 Å². The summed E-state index contributed by atoms with van der Waals surface area (Å²) in [6, 6.07) is 17.1. The molecule has 0 aromatic heterocycles. The minimum Gasteiger partial charge on any atom is -0.312 e. The molecule has 5 heteroatoms. The standard InChI is InChI=1S/C18H22ClFN2.C6H5Cl/c19-16-8-4-7-13(18(16)20)15-11-22-17(14(15)10-21)9-12-5-2-1-3-6-12;7-6-4-2-1-3-5-6/h4,7-8,12,14-15,17,22H,1-3,5-6,9,11H2;1-5H. The molecule has 1 aliphatic heterocycles. The molecule has 1 N–H and O–H groups in total. The van der Waals surface area contributed by atoms with Crippen LogP contribution in [-0.2, 0) is 0 Å².